The van der Waals surface area contributed by atoms with Crippen LogP contribution in [0, 0.1) is 5.92 Å². The third-order valence-electron chi connectivity index (χ3n) is 8.11. The van der Waals surface area contributed by atoms with Crippen LogP contribution in [-0.2, 0) is 36.9 Å². The van der Waals surface area contributed by atoms with Crippen molar-refractivity contribution in [1.82, 2.24) is 35.7 Å². The van der Waals surface area contributed by atoms with Crippen LogP contribution in [0.1, 0.15) is 51.9 Å². The van der Waals surface area contributed by atoms with Crippen molar-refractivity contribution in [2.45, 2.75) is 77.7 Å². The van der Waals surface area contributed by atoms with E-state index in [1.54, 1.807) is 38.1 Å². The Morgan fingerprint density at radius 2 is 1.55 bits per heavy atom. The van der Waals surface area contributed by atoms with Gasteiger partial charge in [-0.3, -0.25) is 24.0 Å². The van der Waals surface area contributed by atoms with Gasteiger partial charge in [0.25, 0.3) is 0 Å². The summed E-state index contributed by atoms with van der Waals surface area (Å²) in [6.07, 6.45) is -1.16. The molecule has 4 atom stereocenters. The van der Waals surface area contributed by atoms with Crippen LogP contribution in [0.2, 0.25) is 0 Å². The number of nitrogens with one attached hydrogen (secondary N) is 4. The first-order chi connectivity index (χ1) is 22.3. The van der Waals surface area contributed by atoms with Crippen LogP contribution in [0.4, 0.5) is 0 Å². The van der Waals surface area contributed by atoms with Crippen molar-refractivity contribution >= 4 is 40.6 Å². The van der Waals surface area contributed by atoms with E-state index in [4.69, 9.17) is 4.98 Å². The second-order valence-corrected chi connectivity index (χ2v) is 12.6. The van der Waals surface area contributed by atoms with Crippen molar-refractivity contribution in [2.24, 2.45) is 5.92 Å². The quantitative estimate of drug-likeness (QED) is 0.253. The number of hydrogen-bond donors (Lipinski definition) is 5. The molecule has 1 saturated heterocycles. The normalized spacial score (nSPS) is 21.0. The molecule has 5 amide bonds. The lowest BCUT2D eigenvalue weighted by atomic mass is 10.0. The minimum Gasteiger partial charge on any atom is -0.391 e. The van der Waals surface area contributed by atoms with E-state index in [1.165, 1.54) is 11.8 Å². The van der Waals surface area contributed by atoms with Gasteiger partial charge in [-0.1, -0.05) is 70.2 Å². The number of aliphatic hydroxyl groups excluding tert-OH is 1. The Labute approximate surface area is 274 Å². The van der Waals surface area contributed by atoms with Crippen LogP contribution in [0.5, 0.6) is 0 Å². The van der Waals surface area contributed by atoms with E-state index in [1.807, 2.05) is 48.7 Å². The van der Waals surface area contributed by atoms with Crippen molar-refractivity contribution in [3.05, 3.63) is 66.0 Å². The molecule has 0 aliphatic carbocycles. The summed E-state index contributed by atoms with van der Waals surface area (Å²) in [6.45, 7) is 8.28. The van der Waals surface area contributed by atoms with Crippen LogP contribution in [-0.4, -0.2) is 93.0 Å². The molecule has 1 fully saturated rings. The molecule has 252 valence electrons. The largest absolute Gasteiger partial charge is 0.391 e. The van der Waals surface area contributed by atoms with Gasteiger partial charge in [-0.25, -0.2) is 4.98 Å². The van der Waals surface area contributed by atoms with Crippen LogP contribution in [0.15, 0.2) is 54.6 Å². The standard InChI is InChI=1S/C34H45N7O6/c1-20(2)29-34(47)37-25(17-23-11-7-6-8-12-23)32(45)39-30(22(5)42)33(46)35-15-16-40(18-27(43)38-29)28(44)19-41-26-14-10-9-13-24(26)36-31(41)21(3)4/h6-14,20-22,25,29-30,42H,15-19H2,1-5H3,(H,35,46)(H,37,47)(H,38,43)(H,39,45)/t22-,25+,29-,30+/m1/s1. The monoisotopic (exact) mass is 647 g/mol. The van der Waals surface area contributed by atoms with Crippen molar-refractivity contribution in [3.63, 3.8) is 0 Å². The van der Waals surface area contributed by atoms with E-state index in [0.717, 1.165) is 16.6 Å². The molecule has 0 saturated carbocycles. The van der Waals surface area contributed by atoms with E-state index < -0.39 is 53.8 Å². The Morgan fingerprint density at radius 3 is 2.21 bits per heavy atom. The highest BCUT2D eigenvalue weighted by Crippen LogP contribution is 2.22. The fourth-order valence-electron chi connectivity index (χ4n) is 5.56. The predicted octanol–water partition coefficient (Wildman–Crippen LogP) is 0.852. The minimum atomic E-state index is -1.33. The third kappa shape index (κ3) is 8.94. The molecule has 1 aromatic heterocycles. The molecule has 13 nitrogen and oxygen atoms in total. The summed E-state index contributed by atoms with van der Waals surface area (Å²) in [5.41, 5.74) is 2.28. The third-order valence-corrected chi connectivity index (χ3v) is 8.11. The maximum absolute atomic E-state index is 13.8. The molecule has 3 aromatic rings. The Kier molecular flexibility index (Phi) is 11.7. The molecule has 47 heavy (non-hydrogen) atoms. The van der Waals surface area contributed by atoms with Crippen LogP contribution < -0.4 is 21.3 Å². The Balaban J connectivity index is 1.64. The lowest BCUT2D eigenvalue weighted by Gasteiger charge is -2.27. The number of carbonyl (C=O) groups is 5. The number of carbonyl (C=O) groups excluding carboxylic acids is 5. The summed E-state index contributed by atoms with van der Waals surface area (Å²) in [6, 6.07) is 13.1. The Hall–Kier alpha value is -4.78. The molecule has 4 rings (SSSR count). The van der Waals surface area contributed by atoms with Gasteiger partial charge in [-0.2, -0.15) is 0 Å². The zero-order chi connectivity index (χ0) is 34.2. The van der Waals surface area contributed by atoms with Crippen molar-refractivity contribution in [2.75, 3.05) is 19.6 Å². The second-order valence-electron chi connectivity index (χ2n) is 12.6. The molecular weight excluding hydrogens is 602 g/mol. The average molecular weight is 648 g/mol. The molecule has 1 aliphatic rings. The van der Waals surface area contributed by atoms with E-state index in [2.05, 4.69) is 21.3 Å². The first kappa shape index (κ1) is 35.1. The molecule has 1 aliphatic heterocycles. The fraction of sp³-hybridized carbons (Fsp3) is 0.471. The van der Waals surface area contributed by atoms with Gasteiger partial charge in [-0.15, -0.1) is 0 Å². The molecular formula is C34H45N7O6. The molecule has 5 N–H and O–H groups in total. The summed E-state index contributed by atoms with van der Waals surface area (Å²) in [7, 11) is 0. The summed E-state index contributed by atoms with van der Waals surface area (Å²) in [4.78, 5) is 73.6. The molecule has 13 heteroatoms. The summed E-state index contributed by atoms with van der Waals surface area (Å²) < 4.78 is 1.82. The summed E-state index contributed by atoms with van der Waals surface area (Å²) in [5.74, 6) is -2.53. The maximum atomic E-state index is 13.8. The highest BCUT2D eigenvalue weighted by Gasteiger charge is 2.33. The molecule has 2 aromatic carbocycles. The topological polar surface area (TPSA) is 175 Å². The van der Waals surface area contributed by atoms with Crippen molar-refractivity contribution < 1.29 is 29.1 Å². The van der Waals surface area contributed by atoms with E-state index in [9.17, 15) is 29.1 Å². The zero-order valence-corrected chi connectivity index (χ0v) is 27.5. The average Bonchev–Trinajstić information content (AvgIpc) is 3.39. The molecule has 0 bridgehead atoms. The van der Waals surface area contributed by atoms with Gasteiger partial charge in [0.15, 0.2) is 0 Å². The summed E-state index contributed by atoms with van der Waals surface area (Å²) >= 11 is 0. The van der Waals surface area contributed by atoms with E-state index in [0.29, 0.717) is 5.82 Å². The fourth-order valence-corrected chi connectivity index (χ4v) is 5.56. The number of hydrogen-bond acceptors (Lipinski definition) is 7. The lowest BCUT2D eigenvalue weighted by Crippen LogP contribution is -2.60. The smallest absolute Gasteiger partial charge is 0.245 e. The zero-order valence-electron chi connectivity index (χ0n) is 27.5. The molecule has 0 spiro atoms. The van der Waals surface area contributed by atoms with Gasteiger partial charge in [0.1, 0.15) is 30.5 Å². The van der Waals surface area contributed by atoms with Gasteiger partial charge < -0.3 is 35.8 Å². The van der Waals surface area contributed by atoms with Crippen LogP contribution >= 0.6 is 0 Å². The van der Waals surface area contributed by atoms with Crippen LogP contribution in [0.3, 0.4) is 0 Å². The summed E-state index contributed by atoms with van der Waals surface area (Å²) in [5, 5.41) is 21.2. The second kappa shape index (κ2) is 15.7. The van der Waals surface area contributed by atoms with Gasteiger partial charge in [0, 0.05) is 25.4 Å². The number of nitrogens with zero attached hydrogens (tertiary/aromatic N) is 3. The van der Waals surface area contributed by atoms with Gasteiger partial charge >= 0.3 is 0 Å². The lowest BCUT2D eigenvalue weighted by molar-refractivity contribution is -0.138. The first-order valence-electron chi connectivity index (χ1n) is 16.0. The first-order valence-corrected chi connectivity index (χ1v) is 16.0. The van der Waals surface area contributed by atoms with Crippen molar-refractivity contribution in [1.29, 1.82) is 0 Å². The number of benzene rings is 2. The molecule has 2 heterocycles. The minimum absolute atomic E-state index is 0.0179. The number of aromatic nitrogens is 2. The van der Waals surface area contributed by atoms with E-state index in [-0.39, 0.29) is 44.4 Å². The highest BCUT2D eigenvalue weighted by molar-refractivity contribution is 5.95. The van der Waals surface area contributed by atoms with E-state index >= 15 is 0 Å². The number of rotatable bonds is 7. The number of para-hydroxylation sites is 2. The van der Waals surface area contributed by atoms with Gasteiger partial charge in [-0.05, 0) is 30.5 Å². The highest BCUT2D eigenvalue weighted by atomic mass is 16.3. The Morgan fingerprint density at radius 1 is 0.872 bits per heavy atom. The number of fused-ring (bicyclic) bond motifs is 1. The maximum Gasteiger partial charge on any atom is 0.245 e. The van der Waals surface area contributed by atoms with Gasteiger partial charge in [0.2, 0.25) is 29.5 Å². The SMILES string of the molecule is CC(C)c1nc2ccccc2n1CC(=O)N1CCNC(=O)[C@H]([C@@H](C)O)NC(=O)[C@H](Cc2ccccc2)NC(=O)[C@@H](C(C)C)NC(=O)C1. The molecule has 0 unspecified atom stereocenters. The predicted molar refractivity (Wildman–Crippen MR) is 176 cm³/mol. The number of aliphatic hydroxyl groups is 1. The Bertz CT molecular complexity index is 1590. The number of imidazole rings is 1. The number of amides is 5. The molecule has 0 radical (unpaired) electrons. The van der Waals surface area contributed by atoms with Crippen molar-refractivity contribution in [3.8, 4) is 0 Å². The van der Waals surface area contributed by atoms with Crippen LogP contribution in [0.25, 0.3) is 11.0 Å². The van der Waals surface area contributed by atoms with Gasteiger partial charge in [0.05, 0.1) is 23.7 Å².